The molecule has 0 saturated carbocycles. The van der Waals surface area contributed by atoms with Crippen molar-refractivity contribution >= 4 is 17.5 Å². The SMILES string of the molecule is Cc1ccc2c(c1)N(CCCC(=O)NC(C)C)C(=O)CO2. The molecule has 0 saturated heterocycles. The normalized spacial score (nSPS) is 13.9. The summed E-state index contributed by atoms with van der Waals surface area (Å²) in [5, 5.41) is 2.85. The molecule has 0 bridgehead atoms. The lowest BCUT2D eigenvalue weighted by molar-refractivity contribution is -0.123. The van der Waals surface area contributed by atoms with Crippen molar-refractivity contribution < 1.29 is 14.3 Å². The highest BCUT2D eigenvalue weighted by atomic mass is 16.5. The van der Waals surface area contributed by atoms with Crippen molar-refractivity contribution in [3.8, 4) is 5.75 Å². The summed E-state index contributed by atoms with van der Waals surface area (Å²) in [6.07, 6.45) is 1.06. The molecule has 1 aromatic carbocycles. The Balaban J connectivity index is 1.98. The minimum atomic E-state index is -0.0580. The van der Waals surface area contributed by atoms with Crippen LogP contribution in [-0.2, 0) is 9.59 Å². The Bertz CT molecular complexity index is 540. The topological polar surface area (TPSA) is 58.6 Å². The number of fused-ring (bicyclic) bond motifs is 1. The van der Waals surface area contributed by atoms with Crippen molar-refractivity contribution in [3.63, 3.8) is 0 Å². The Morgan fingerprint density at radius 3 is 2.90 bits per heavy atom. The fourth-order valence-electron chi connectivity index (χ4n) is 2.35. The molecule has 5 heteroatoms. The van der Waals surface area contributed by atoms with Crippen LogP contribution in [0.5, 0.6) is 5.75 Å². The highest BCUT2D eigenvalue weighted by Gasteiger charge is 2.25. The highest BCUT2D eigenvalue weighted by Crippen LogP contribution is 2.32. The minimum Gasteiger partial charge on any atom is -0.482 e. The average molecular weight is 290 g/mol. The van der Waals surface area contributed by atoms with Gasteiger partial charge in [0.1, 0.15) is 5.75 Å². The molecule has 2 rings (SSSR count). The number of carbonyl (C=O) groups is 2. The van der Waals surface area contributed by atoms with E-state index in [4.69, 9.17) is 4.74 Å². The predicted molar refractivity (Wildman–Crippen MR) is 81.5 cm³/mol. The predicted octanol–water partition coefficient (Wildman–Crippen LogP) is 2.03. The van der Waals surface area contributed by atoms with E-state index in [0.717, 1.165) is 17.0 Å². The van der Waals surface area contributed by atoms with Crippen LogP contribution in [0.1, 0.15) is 32.3 Å². The number of nitrogens with zero attached hydrogens (tertiary/aromatic N) is 1. The lowest BCUT2D eigenvalue weighted by atomic mass is 10.1. The molecule has 0 aromatic heterocycles. The number of hydrogen-bond acceptors (Lipinski definition) is 3. The molecule has 0 atom stereocenters. The number of hydrogen-bond donors (Lipinski definition) is 1. The summed E-state index contributed by atoms with van der Waals surface area (Å²) in [6.45, 7) is 6.44. The number of carbonyl (C=O) groups excluding carboxylic acids is 2. The minimum absolute atomic E-state index is 0.0233. The van der Waals surface area contributed by atoms with Crippen molar-refractivity contribution in [3.05, 3.63) is 23.8 Å². The van der Waals surface area contributed by atoms with Crippen LogP contribution >= 0.6 is 0 Å². The standard InChI is InChI=1S/C16H22N2O3/c1-11(2)17-15(19)5-4-8-18-13-9-12(3)6-7-14(13)21-10-16(18)20/h6-7,9,11H,4-5,8,10H2,1-3H3,(H,17,19). The summed E-state index contributed by atoms with van der Waals surface area (Å²) in [4.78, 5) is 25.4. The van der Waals surface area contributed by atoms with Crippen molar-refractivity contribution in [2.24, 2.45) is 0 Å². The van der Waals surface area contributed by atoms with Crippen LogP contribution < -0.4 is 15.0 Å². The van der Waals surface area contributed by atoms with Crippen LogP contribution in [0.3, 0.4) is 0 Å². The largest absolute Gasteiger partial charge is 0.482 e. The molecular weight excluding hydrogens is 268 g/mol. The third kappa shape index (κ3) is 3.97. The van der Waals surface area contributed by atoms with Crippen LogP contribution in [0.2, 0.25) is 0 Å². The van der Waals surface area contributed by atoms with E-state index in [-0.39, 0.29) is 24.5 Å². The number of nitrogens with one attached hydrogen (secondary N) is 1. The molecule has 1 N–H and O–H groups in total. The summed E-state index contributed by atoms with van der Waals surface area (Å²) in [5.74, 6) is 0.694. The monoisotopic (exact) mass is 290 g/mol. The van der Waals surface area contributed by atoms with Crippen LogP contribution in [0, 0.1) is 6.92 Å². The van der Waals surface area contributed by atoms with Gasteiger partial charge in [0, 0.05) is 19.0 Å². The maximum atomic E-state index is 12.0. The fraction of sp³-hybridized carbons (Fsp3) is 0.500. The van der Waals surface area contributed by atoms with Gasteiger partial charge in [0.2, 0.25) is 5.91 Å². The Kier molecular flexibility index (Phi) is 4.83. The fourth-order valence-corrected chi connectivity index (χ4v) is 2.35. The molecule has 2 amide bonds. The van der Waals surface area contributed by atoms with Gasteiger partial charge in [-0.2, -0.15) is 0 Å². The van der Waals surface area contributed by atoms with E-state index >= 15 is 0 Å². The van der Waals surface area contributed by atoms with E-state index in [2.05, 4.69) is 5.32 Å². The van der Waals surface area contributed by atoms with Crippen molar-refractivity contribution in [1.29, 1.82) is 0 Å². The molecule has 5 nitrogen and oxygen atoms in total. The lowest BCUT2D eigenvalue weighted by Crippen LogP contribution is -2.40. The van der Waals surface area contributed by atoms with Gasteiger partial charge in [-0.1, -0.05) is 6.07 Å². The third-order valence-corrected chi connectivity index (χ3v) is 3.29. The van der Waals surface area contributed by atoms with Gasteiger partial charge in [-0.05, 0) is 44.9 Å². The van der Waals surface area contributed by atoms with Gasteiger partial charge < -0.3 is 15.0 Å². The highest BCUT2D eigenvalue weighted by molar-refractivity contribution is 5.97. The zero-order valence-corrected chi connectivity index (χ0v) is 12.8. The molecule has 0 fully saturated rings. The smallest absolute Gasteiger partial charge is 0.265 e. The number of anilines is 1. The second-order valence-corrected chi connectivity index (χ2v) is 5.63. The Morgan fingerprint density at radius 2 is 2.19 bits per heavy atom. The molecule has 114 valence electrons. The van der Waals surface area contributed by atoms with E-state index in [1.165, 1.54) is 0 Å². The first-order valence-electron chi connectivity index (χ1n) is 7.30. The molecule has 1 aliphatic heterocycles. The Labute approximate surface area is 125 Å². The van der Waals surface area contributed by atoms with E-state index in [1.54, 1.807) is 4.90 Å². The maximum Gasteiger partial charge on any atom is 0.265 e. The van der Waals surface area contributed by atoms with Crippen LogP contribution in [0.4, 0.5) is 5.69 Å². The van der Waals surface area contributed by atoms with Gasteiger partial charge in [0.15, 0.2) is 6.61 Å². The van der Waals surface area contributed by atoms with Crippen molar-refractivity contribution in [2.45, 2.75) is 39.7 Å². The molecule has 0 radical (unpaired) electrons. The Morgan fingerprint density at radius 1 is 1.43 bits per heavy atom. The number of ether oxygens (including phenoxy) is 1. The van der Waals surface area contributed by atoms with Gasteiger partial charge in [0.05, 0.1) is 5.69 Å². The second kappa shape index (κ2) is 6.61. The molecule has 1 aromatic rings. The van der Waals surface area contributed by atoms with Gasteiger partial charge in [-0.3, -0.25) is 9.59 Å². The number of benzene rings is 1. The van der Waals surface area contributed by atoms with E-state index < -0.39 is 0 Å². The summed E-state index contributed by atoms with van der Waals surface area (Å²) in [6, 6.07) is 5.94. The first-order chi connectivity index (χ1) is 9.97. The molecular formula is C16H22N2O3. The van der Waals surface area contributed by atoms with Crippen LogP contribution in [-0.4, -0.2) is 31.0 Å². The van der Waals surface area contributed by atoms with Gasteiger partial charge in [-0.15, -0.1) is 0 Å². The van der Waals surface area contributed by atoms with Crippen molar-refractivity contribution in [1.82, 2.24) is 5.32 Å². The molecule has 1 aliphatic rings. The lowest BCUT2D eigenvalue weighted by Gasteiger charge is -2.29. The van der Waals surface area contributed by atoms with E-state index in [0.29, 0.717) is 19.4 Å². The molecule has 21 heavy (non-hydrogen) atoms. The average Bonchev–Trinajstić information content (AvgIpc) is 2.40. The van der Waals surface area contributed by atoms with Crippen LogP contribution in [0.15, 0.2) is 18.2 Å². The van der Waals surface area contributed by atoms with Gasteiger partial charge >= 0.3 is 0 Å². The molecule has 1 heterocycles. The molecule has 0 spiro atoms. The van der Waals surface area contributed by atoms with Crippen molar-refractivity contribution in [2.75, 3.05) is 18.1 Å². The summed E-state index contributed by atoms with van der Waals surface area (Å²) >= 11 is 0. The first kappa shape index (κ1) is 15.4. The van der Waals surface area contributed by atoms with Gasteiger partial charge in [0.25, 0.3) is 5.91 Å². The van der Waals surface area contributed by atoms with E-state index in [9.17, 15) is 9.59 Å². The quantitative estimate of drug-likeness (QED) is 0.902. The second-order valence-electron chi connectivity index (χ2n) is 5.63. The molecule has 0 unspecified atom stereocenters. The number of rotatable bonds is 5. The third-order valence-electron chi connectivity index (χ3n) is 3.29. The summed E-state index contributed by atoms with van der Waals surface area (Å²) in [5.41, 5.74) is 1.88. The van der Waals surface area contributed by atoms with E-state index in [1.807, 2.05) is 39.0 Å². The van der Waals surface area contributed by atoms with Gasteiger partial charge in [-0.25, -0.2) is 0 Å². The zero-order valence-electron chi connectivity index (χ0n) is 12.8. The summed E-state index contributed by atoms with van der Waals surface area (Å²) in [7, 11) is 0. The maximum absolute atomic E-state index is 12.0. The number of aryl methyl sites for hydroxylation is 1. The Hall–Kier alpha value is -2.04. The number of amides is 2. The van der Waals surface area contributed by atoms with Crippen LogP contribution in [0.25, 0.3) is 0 Å². The molecule has 0 aliphatic carbocycles. The first-order valence-corrected chi connectivity index (χ1v) is 7.30. The summed E-state index contributed by atoms with van der Waals surface area (Å²) < 4.78 is 5.43. The zero-order chi connectivity index (χ0) is 15.4.